The van der Waals surface area contributed by atoms with Crippen molar-refractivity contribution in [3.8, 4) is 5.75 Å². The van der Waals surface area contributed by atoms with Crippen molar-refractivity contribution in [3.63, 3.8) is 0 Å². The Morgan fingerprint density at radius 3 is 2.32 bits per heavy atom. The molecule has 2 amide bonds. The van der Waals surface area contributed by atoms with Gasteiger partial charge in [-0.05, 0) is 36.4 Å². The van der Waals surface area contributed by atoms with Crippen LogP contribution < -0.4 is 10.1 Å². The van der Waals surface area contributed by atoms with Gasteiger partial charge in [0.1, 0.15) is 5.75 Å². The molecular weight excluding hydrogens is 361 g/mol. The lowest BCUT2D eigenvalue weighted by molar-refractivity contribution is -0.274. The molecule has 0 aliphatic heterocycles. The van der Waals surface area contributed by atoms with Crippen LogP contribution in [0.4, 0.5) is 23.7 Å². The zero-order chi connectivity index (χ0) is 18.4. The first-order valence-corrected chi connectivity index (χ1v) is 7.20. The quantitative estimate of drug-likeness (QED) is 0.618. The highest BCUT2D eigenvalue weighted by molar-refractivity contribution is 6.34. The summed E-state index contributed by atoms with van der Waals surface area (Å²) in [6, 6.07) is 10.5. The molecule has 132 valence electrons. The predicted octanol–water partition coefficient (Wildman–Crippen LogP) is 4.86. The number of anilines is 1. The van der Waals surface area contributed by atoms with E-state index in [9.17, 15) is 18.0 Å². The third-order valence-electron chi connectivity index (χ3n) is 2.84. The molecule has 0 saturated heterocycles. The van der Waals surface area contributed by atoms with Gasteiger partial charge >= 0.3 is 12.4 Å². The van der Waals surface area contributed by atoms with Crippen LogP contribution in [-0.4, -0.2) is 25.4 Å². The van der Waals surface area contributed by atoms with E-state index in [1.165, 1.54) is 19.2 Å². The number of nitrogens with zero attached hydrogens (tertiary/aromatic N) is 1. The Balaban J connectivity index is 2.09. The summed E-state index contributed by atoms with van der Waals surface area (Å²) < 4.78 is 45.1. The Bertz CT molecular complexity index is 777. The number of rotatable bonds is 3. The number of methoxy groups -OCH3 is 1. The molecule has 0 radical (unpaired) electrons. The maximum absolute atomic E-state index is 12.1. The molecule has 0 saturated carbocycles. The van der Waals surface area contributed by atoms with Gasteiger partial charge in [-0.3, -0.25) is 0 Å². The number of hydrogen-bond donors (Lipinski definition) is 1. The second-order valence-electron chi connectivity index (χ2n) is 4.60. The van der Waals surface area contributed by atoms with Crippen LogP contribution in [-0.2, 0) is 4.74 Å². The summed E-state index contributed by atoms with van der Waals surface area (Å²) in [6.45, 7) is 0. The van der Waals surface area contributed by atoms with Crippen molar-refractivity contribution in [1.29, 1.82) is 0 Å². The summed E-state index contributed by atoms with van der Waals surface area (Å²) in [5.41, 5.74) is 0.661. The molecule has 0 aromatic heterocycles. The first kappa shape index (κ1) is 18.6. The van der Waals surface area contributed by atoms with Crippen molar-refractivity contribution < 1.29 is 27.4 Å². The highest BCUT2D eigenvalue weighted by atomic mass is 35.5. The Morgan fingerprint density at radius 1 is 1.12 bits per heavy atom. The lowest BCUT2D eigenvalue weighted by Crippen LogP contribution is -2.17. The standard InChI is InChI=1S/C16H12ClF3N2O3/c1-24-14(12-4-2-3-5-13(12)17)22-15(23)21-10-6-8-11(9-7-10)25-16(18,19)20/h2-9H,1H3,(H,21,23). The zero-order valence-corrected chi connectivity index (χ0v) is 13.6. The minimum Gasteiger partial charge on any atom is -0.480 e. The number of benzene rings is 2. The van der Waals surface area contributed by atoms with Gasteiger partial charge in [-0.2, -0.15) is 4.99 Å². The average molecular weight is 373 g/mol. The number of halogens is 4. The minimum atomic E-state index is -4.78. The number of carbonyl (C=O) groups is 1. The minimum absolute atomic E-state index is 0.000116. The van der Waals surface area contributed by atoms with Gasteiger partial charge in [0.05, 0.1) is 17.7 Å². The second-order valence-corrected chi connectivity index (χ2v) is 5.01. The number of hydrogen-bond acceptors (Lipinski definition) is 3. The van der Waals surface area contributed by atoms with Crippen molar-refractivity contribution in [2.75, 3.05) is 12.4 Å². The van der Waals surface area contributed by atoms with E-state index < -0.39 is 18.1 Å². The van der Waals surface area contributed by atoms with Crippen LogP contribution in [0.3, 0.4) is 0 Å². The number of amides is 2. The molecule has 0 aliphatic carbocycles. The molecule has 5 nitrogen and oxygen atoms in total. The molecule has 9 heteroatoms. The molecule has 0 spiro atoms. The van der Waals surface area contributed by atoms with Gasteiger partial charge in [0, 0.05) is 5.69 Å². The van der Waals surface area contributed by atoms with Crippen LogP contribution in [0, 0.1) is 0 Å². The van der Waals surface area contributed by atoms with Gasteiger partial charge in [-0.15, -0.1) is 13.2 Å². The van der Waals surface area contributed by atoms with Crippen molar-refractivity contribution in [3.05, 3.63) is 59.1 Å². The van der Waals surface area contributed by atoms with Crippen LogP contribution in [0.15, 0.2) is 53.5 Å². The normalized spacial score (nSPS) is 11.8. The maximum atomic E-state index is 12.1. The van der Waals surface area contributed by atoms with Gasteiger partial charge in [-0.1, -0.05) is 23.7 Å². The molecule has 0 unspecified atom stereocenters. The molecule has 2 aromatic rings. The summed E-state index contributed by atoms with van der Waals surface area (Å²) >= 11 is 6.01. The second kappa shape index (κ2) is 7.89. The van der Waals surface area contributed by atoms with Gasteiger partial charge < -0.3 is 14.8 Å². The van der Waals surface area contributed by atoms with Gasteiger partial charge in [0.2, 0.25) is 5.90 Å². The van der Waals surface area contributed by atoms with Gasteiger partial charge in [-0.25, -0.2) is 4.79 Å². The highest BCUT2D eigenvalue weighted by Crippen LogP contribution is 2.24. The largest absolute Gasteiger partial charge is 0.573 e. The lowest BCUT2D eigenvalue weighted by atomic mass is 10.2. The zero-order valence-electron chi connectivity index (χ0n) is 12.8. The molecule has 25 heavy (non-hydrogen) atoms. The van der Waals surface area contributed by atoms with E-state index >= 15 is 0 Å². The number of alkyl halides is 3. The summed E-state index contributed by atoms with van der Waals surface area (Å²) in [4.78, 5) is 15.7. The number of nitrogens with one attached hydrogen (secondary N) is 1. The first-order chi connectivity index (χ1) is 11.8. The summed E-state index contributed by atoms with van der Waals surface area (Å²) in [6.07, 6.45) is -4.78. The molecule has 0 aliphatic rings. The third kappa shape index (κ3) is 5.68. The molecule has 1 N–H and O–H groups in total. The van der Waals surface area contributed by atoms with Crippen molar-refractivity contribution in [2.24, 2.45) is 4.99 Å². The molecule has 0 atom stereocenters. The Labute approximate surface area is 146 Å². The Hall–Kier alpha value is -2.74. The molecular formula is C16H12ClF3N2O3. The van der Waals surface area contributed by atoms with Crippen LogP contribution in [0.25, 0.3) is 0 Å². The van der Waals surface area contributed by atoms with Gasteiger partial charge in [0.15, 0.2) is 0 Å². The van der Waals surface area contributed by atoms with Gasteiger partial charge in [0.25, 0.3) is 0 Å². The summed E-state index contributed by atoms with van der Waals surface area (Å²) in [5.74, 6) is -0.400. The fraction of sp³-hybridized carbons (Fsp3) is 0.125. The van der Waals surface area contributed by atoms with E-state index in [1.807, 2.05) is 0 Å². The Morgan fingerprint density at radius 2 is 1.76 bits per heavy atom. The van der Waals surface area contributed by atoms with E-state index in [2.05, 4.69) is 15.0 Å². The topological polar surface area (TPSA) is 59.9 Å². The number of urea groups is 1. The highest BCUT2D eigenvalue weighted by Gasteiger charge is 2.30. The van der Waals surface area contributed by atoms with E-state index in [0.717, 1.165) is 12.1 Å². The van der Waals surface area contributed by atoms with Crippen molar-refractivity contribution >= 4 is 29.2 Å². The smallest absolute Gasteiger partial charge is 0.480 e. The number of carbonyl (C=O) groups excluding carboxylic acids is 1. The van der Waals surface area contributed by atoms with Crippen LogP contribution >= 0.6 is 11.6 Å². The Kier molecular flexibility index (Phi) is 5.87. The van der Waals surface area contributed by atoms with Crippen molar-refractivity contribution in [1.82, 2.24) is 0 Å². The first-order valence-electron chi connectivity index (χ1n) is 6.83. The molecule has 2 aromatic carbocycles. The average Bonchev–Trinajstić information content (AvgIpc) is 2.54. The van der Waals surface area contributed by atoms with E-state index in [1.54, 1.807) is 24.3 Å². The van der Waals surface area contributed by atoms with Crippen LogP contribution in [0.2, 0.25) is 5.02 Å². The van der Waals surface area contributed by atoms with Crippen LogP contribution in [0.5, 0.6) is 5.75 Å². The SMILES string of the molecule is COC(=NC(=O)Nc1ccc(OC(F)(F)F)cc1)c1ccccc1Cl. The van der Waals surface area contributed by atoms with E-state index in [-0.39, 0.29) is 11.6 Å². The summed E-state index contributed by atoms with van der Waals surface area (Å²) in [5, 5.41) is 2.75. The molecule has 0 bridgehead atoms. The van der Waals surface area contributed by atoms with E-state index in [0.29, 0.717) is 10.6 Å². The number of ether oxygens (including phenoxy) is 2. The third-order valence-corrected chi connectivity index (χ3v) is 3.17. The predicted molar refractivity (Wildman–Crippen MR) is 87.1 cm³/mol. The van der Waals surface area contributed by atoms with Crippen molar-refractivity contribution in [2.45, 2.75) is 6.36 Å². The van der Waals surface area contributed by atoms with E-state index in [4.69, 9.17) is 16.3 Å². The fourth-order valence-corrected chi connectivity index (χ4v) is 2.05. The molecule has 0 heterocycles. The fourth-order valence-electron chi connectivity index (χ4n) is 1.83. The molecule has 2 rings (SSSR count). The number of aliphatic imine (C=N–C) groups is 1. The lowest BCUT2D eigenvalue weighted by Gasteiger charge is -2.10. The maximum Gasteiger partial charge on any atom is 0.573 e. The van der Waals surface area contributed by atoms with Crippen LogP contribution in [0.1, 0.15) is 5.56 Å². The monoisotopic (exact) mass is 372 g/mol. The molecule has 0 fully saturated rings. The summed E-state index contributed by atoms with van der Waals surface area (Å²) in [7, 11) is 1.33.